The highest BCUT2D eigenvalue weighted by molar-refractivity contribution is 6.04. The van der Waals surface area contributed by atoms with Crippen molar-refractivity contribution in [2.45, 2.75) is 11.8 Å². The standard InChI is InChI=1S/C20H15N3O/c24-20-17-12(9-21-20)15-10-5-1-3-7-13(10)22-18(15)19-16(17)11-6-2-4-8-14(11)23-19/h1-8,12,17,22-23H,9H2,(H,21,24). The van der Waals surface area contributed by atoms with E-state index in [1.54, 1.807) is 0 Å². The summed E-state index contributed by atoms with van der Waals surface area (Å²) in [6.07, 6.45) is 0. The van der Waals surface area contributed by atoms with E-state index in [9.17, 15) is 4.79 Å². The van der Waals surface area contributed by atoms with E-state index in [1.807, 2.05) is 18.2 Å². The van der Waals surface area contributed by atoms with E-state index in [2.05, 4.69) is 45.6 Å². The SMILES string of the molecule is O=C1NCC2c3c([nH]c4ccccc34)-c3[nH]c4ccccc4c3C12. The van der Waals surface area contributed by atoms with Crippen LogP contribution in [0.5, 0.6) is 0 Å². The summed E-state index contributed by atoms with van der Waals surface area (Å²) >= 11 is 0. The highest BCUT2D eigenvalue weighted by Gasteiger charge is 2.45. The number of benzene rings is 2. The summed E-state index contributed by atoms with van der Waals surface area (Å²) in [5, 5.41) is 5.47. The normalized spacial score (nSPS) is 21.6. The predicted octanol–water partition coefficient (Wildman–Crippen LogP) is 3.63. The van der Waals surface area contributed by atoms with Gasteiger partial charge in [-0.15, -0.1) is 0 Å². The number of nitrogens with one attached hydrogen (secondary N) is 3. The molecule has 6 rings (SSSR count). The van der Waals surface area contributed by atoms with Crippen molar-refractivity contribution in [2.24, 2.45) is 0 Å². The van der Waals surface area contributed by atoms with Gasteiger partial charge in [0.05, 0.1) is 17.3 Å². The first kappa shape index (κ1) is 12.4. The number of aromatic amines is 2. The van der Waals surface area contributed by atoms with Crippen molar-refractivity contribution in [3.05, 3.63) is 59.7 Å². The van der Waals surface area contributed by atoms with Gasteiger partial charge in [-0.25, -0.2) is 0 Å². The third-order valence-corrected chi connectivity index (χ3v) is 5.61. The van der Waals surface area contributed by atoms with Gasteiger partial charge in [-0.3, -0.25) is 4.79 Å². The van der Waals surface area contributed by atoms with Crippen LogP contribution in [0.2, 0.25) is 0 Å². The van der Waals surface area contributed by atoms with Gasteiger partial charge in [0.2, 0.25) is 5.91 Å². The Kier molecular flexibility index (Phi) is 2.12. The minimum absolute atomic E-state index is 0.108. The molecule has 2 atom stereocenters. The second kappa shape index (κ2) is 4.09. The zero-order valence-electron chi connectivity index (χ0n) is 12.9. The molecule has 4 aromatic rings. The van der Waals surface area contributed by atoms with Crippen LogP contribution in [0, 0.1) is 0 Å². The predicted molar refractivity (Wildman–Crippen MR) is 94.1 cm³/mol. The second-order valence-electron chi connectivity index (χ2n) is 6.75. The number of hydrogen-bond acceptors (Lipinski definition) is 1. The molecule has 4 nitrogen and oxygen atoms in total. The maximum atomic E-state index is 12.6. The summed E-state index contributed by atoms with van der Waals surface area (Å²) < 4.78 is 0. The lowest BCUT2D eigenvalue weighted by atomic mass is 9.76. The van der Waals surface area contributed by atoms with Gasteiger partial charge in [0.25, 0.3) is 0 Å². The fourth-order valence-electron chi connectivity index (χ4n) is 4.65. The average Bonchev–Trinajstić information content (AvgIpc) is 3.27. The summed E-state index contributed by atoms with van der Waals surface area (Å²) in [6.45, 7) is 0.706. The van der Waals surface area contributed by atoms with Crippen LogP contribution in [-0.2, 0) is 4.79 Å². The van der Waals surface area contributed by atoms with E-state index < -0.39 is 0 Å². The molecule has 4 heteroatoms. The van der Waals surface area contributed by atoms with Gasteiger partial charge >= 0.3 is 0 Å². The Morgan fingerprint density at radius 1 is 0.792 bits per heavy atom. The van der Waals surface area contributed by atoms with E-state index in [4.69, 9.17) is 0 Å². The molecule has 0 bridgehead atoms. The third-order valence-electron chi connectivity index (χ3n) is 5.61. The minimum Gasteiger partial charge on any atom is -0.355 e. The Morgan fingerprint density at radius 3 is 2.08 bits per heavy atom. The smallest absolute Gasteiger partial charge is 0.228 e. The van der Waals surface area contributed by atoms with Gasteiger partial charge in [-0.05, 0) is 17.7 Å². The molecule has 2 aromatic carbocycles. The van der Waals surface area contributed by atoms with Gasteiger partial charge in [0.15, 0.2) is 0 Å². The summed E-state index contributed by atoms with van der Waals surface area (Å²) in [5.74, 6) is 0.222. The highest BCUT2D eigenvalue weighted by Crippen LogP contribution is 2.52. The Bertz CT molecular complexity index is 1150. The first-order valence-electron chi connectivity index (χ1n) is 8.32. The number of amides is 1. The number of fused-ring (bicyclic) bond motifs is 10. The lowest BCUT2D eigenvalue weighted by molar-refractivity contribution is -0.120. The molecular weight excluding hydrogens is 298 g/mol. The van der Waals surface area contributed by atoms with Gasteiger partial charge in [0.1, 0.15) is 0 Å². The zero-order valence-corrected chi connectivity index (χ0v) is 12.9. The van der Waals surface area contributed by atoms with E-state index in [0.717, 1.165) is 33.4 Å². The van der Waals surface area contributed by atoms with Crippen molar-refractivity contribution in [3.63, 3.8) is 0 Å². The van der Waals surface area contributed by atoms with Crippen LogP contribution < -0.4 is 5.32 Å². The fraction of sp³-hybridized carbons (Fsp3) is 0.150. The molecule has 1 aliphatic carbocycles. The van der Waals surface area contributed by atoms with Crippen LogP contribution in [-0.4, -0.2) is 22.4 Å². The monoisotopic (exact) mass is 313 g/mol. The maximum absolute atomic E-state index is 12.6. The number of rotatable bonds is 0. The first-order chi connectivity index (χ1) is 11.8. The molecule has 3 N–H and O–H groups in total. The number of hydrogen-bond donors (Lipinski definition) is 3. The summed E-state index contributed by atoms with van der Waals surface area (Å²) in [6, 6.07) is 16.6. The molecule has 2 aromatic heterocycles. The molecular formula is C20H15N3O. The third kappa shape index (κ3) is 1.33. The first-order valence-corrected chi connectivity index (χ1v) is 8.32. The van der Waals surface area contributed by atoms with Crippen LogP contribution in [0.15, 0.2) is 48.5 Å². The molecule has 1 amide bonds. The number of carbonyl (C=O) groups is 1. The van der Waals surface area contributed by atoms with Crippen LogP contribution in [0.1, 0.15) is 23.0 Å². The quantitative estimate of drug-likeness (QED) is 0.456. The van der Waals surface area contributed by atoms with Crippen molar-refractivity contribution in [1.29, 1.82) is 0 Å². The maximum Gasteiger partial charge on any atom is 0.228 e. The molecule has 0 radical (unpaired) electrons. The molecule has 1 saturated heterocycles. The summed E-state index contributed by atoms with van der Waals surface area (Å²) in [4.78, 5) is 19.8. The Morgan fingerprint density at radius 2 is 1.38 bits per heavy atom. The van der Waals surface area contributed by atoms with Gasteiger partial charge in [-0.2, -0.15) is 0 Å². The summed E-state index contributed by atoms with van der Waals surface area (Å²) in [7, 11) is 0. The van der Waals surface area contributed by atoms with Crippen LogP contribution in [0.4, 0.5) is 0 Å². The zero-order chi connectivity index (χ0) is 15.8. The fourth-order valence-corrected chi connectivity index (χ4v) is 4.65. The second-order valence-corrected chi connectivity index (χ2v) is 6.75. The topological polar surface area (TPSA) is 60.7 Å². The molecule has 24 heavy (non-hydrogen) atoms. The van der Waals surface area contributed by atoms with Crippen LogP contribution >= 0.6 is 0 Å². The molecule has 3 heterocycles. The van der Waals surface area contributed by atoms with Crippen molar-refractivity contribution < 1.29 is 4.79 Å². The summed E-state index contributed by atoms with van der Waals surface area (Å²) in [5.41, 5.74) is 6.85. The van der Waals surface area contributed by atoms with Gasteiger partial charge < -0.3 is 15.3 Å². The van der Waals surface area contributed by atoms with Crippen molar-refractivity contribution in [1.82, 2.24) is 15.3 Å². The minimum atomic E-state index is -0.108. The van der Waals surface area contributed by atoms with E-state index >= 15 is 0 Å². The molecule has 116 valence electrons. The highest BCUT2D eigenvalue weighted by atomic mass is 16.2. The molecule has 1 aliphatic heterocycles. The molecule has 2 unspecified atom stereocenters. The molecule has 0 spiro atoms. The average molecular weight is 313 g/mol. The van der Waals surface area contributed by atoms with Crippen molar-refractivity contribution in [2.75, 3.05) is 6.54 Å². The van der Waals surface area contributed by atoms with Crippen molar-refractivity contribution >= 4 is 27.7 Å². The Balaban J connectivity index is 1.81. The number of para-hydroxylation sites is 2. The van der Waals surface area contributed by atoms with Gasteiger partial charge in [0, 0.05) is 39.8 Å². The van der Waals surface area contributed by atoms with E-state index in [0.29, 0.717) is 6.54 Å². The van der Waals surface area contributed by atoms with E-state index in [1.165, 1.54) is 10.9 Å². The number of aromatic nitrogens is 2. The van der Waals surface area contributed by atoms with Crippen LogP contribution in [0.3, 0.4) is 0 Å². The largest absolute Gasteiger partial charge is 0.355 e. The van der Waals surface area contributed by atoms with Gasteiger partial charge in [-0.1, -0.05) is 36.4 Å². The van der Waals surface area contributed by atoms with Crippen LogP contribution in [0.25, 0.3) is 33.2 Å². The lowest BCUT2D eigenvalue weighted by Gasteiger charge is -2.24. The lowest BCUT2D eigenvalue weighted by Crippen LogP contribution is -2.20. The molecule has 2 aliphatic rings. The molecule has 1 fully saturated rings. The van der Waals surface area contributed by atoms with E-state index in [-0.39, 0.29) is 17.7 Å². The number of H-pyrrole nitrogens is 2. The number of carbonyl (C=O) groups excluding carboxylic acids is 1. The Labute approximate surface area is 137 Å². The Hall–Kier alpha value is -3.01. The molecule has 0 saturated carbocycles. The van der Waals surface area contributed by atoms with Crippen molar-refractivity contribution in [3.8, 4) is 11.4 Å².